The Kier molecular flexibility index (Phi) is 8.72. The predicted molar refractivity (Wildman–Crippen MR) is 77.1 cm³/mol. The third-order valence-corrected chi connectivity index (χ3v) is 3.38. The highest BCUT2D eigenvalue weighted by Crippen LogP contribution is 2.43. The highest BCUT2D eigenvalue weighted by atomic mass is 19.4. The minimum Gasteiger partial charge on any atom is -0.232 e. The molecule has 0 fully saturated rings. The average molecular weight is 497 g/mol. The molecule has 0 aromatic heterocycles. The molecule has 0 aromatic carbocycles. The van der Waals surface area contributed by atoms with Gasteiger partial charge in [0.2, 0.25) is 0 Å². The topological polar surface area (TPSA) is 3.24 Å². The lowest BCUT2D eigenvalue weighted by atomic mass is 10.1. The van der Waals surface area contributed by atoms with Crippen LogP contribution in [0.4, 0.5) is 65.9 Å². The summed E-state index contributed by atoms with van der Waals surface area (Å²) in [5, 5.41) is 0. The number of nitrogens with zero attached hydrogens (tertiary/aromatic N) is 1. The Morgan fingerprint density at radius 1 is 0.452 bits per heavy atom. The van der Waals surface area contributed by atoms with Gasteiger partial charge in [-0.15, -0.1) is 0 Å². The molecule has 188 valence electrons. The summed E-state index contributed by atoms with van der Waals surface area (Å²) in [6.45, 7) is -5.69. The van der Waals surface area contributed by atoms with E-state index in [1.165, 1.54) is 0 Å². The van der Waals surface area contributed by atoms with Gasteiger partial charge in [-0.25, -0.2) is 48.8 Å². The molecule has 0 radical (unpaired) electrons. The summed E-state index contributed by atoms with van der Waals surface area (Å²) in [5.41, 5.74) is 0. The average Bonchev–Trinajstić information content (AvgIpc) is 2.24. The normalized spacial score (nSPS) is 15.7. The molecule has 0 spiro atoms. The van der Waals surface area contributed by atoms with Crippen LogP contribution in [0.2, 0.25) is 0 Å². The maximum atomic E-state index is 14.1. The smallest absolute Gasteiger partial charge is 0.232 e. The standard InChI is InChI=1S/C15H18F15N/c1-9(16,17)3-12(22,23)7-31(8-13(24,25)4-10(2,18)19)15(29,30)6-11(20,21)5-14(26,27)28/h3-8H2,1-2H3. The molecule has 31 heavy (non-hydrogen) atoms. The van der Waals surface area contributed by atoms with Gasteiger partial charge < -0.3 is 0 Å². The van der Waals surface area contributed by atoms with Crippen LogP contribution in [0.1, 0.15) is 39.5 Å². The Hall–Kier alpha value is -1.09. The van der Waals surface area contributed by atoms with Crippen molar-refractivity contribution in [3.05, 3.63) is 0 Å². The summed E-state index contributed by atoms with van der Waals surface area (Å²) >= 11 is 0. The largest absolute Gasteiger partial charge is 0.394 e. The fraction of sp³-hybridized carbons (Fsp3) is 1.00. The number of alkyl halides is 15. The zero-order valence-corrected chi connectivity index (χ0v) is 15.9. The summed E-state index contributed by atoms with van der Waals surface area (Å²) in [4.78, 5) is -1.48. The van der Waals surface area contributed by atoms with E-state index in [9.17, 15) is 65.9 Å². The van der Waals surface area contributed by atoms with Crippen LogP contribution in [0.3, 0.4) is 0 Å². The van der Waals surface area contributed by atoms with E-state index < -0.39 is 85.5 Å². The van der Waals surface area contributed by atoms with Crippen molar-refractivity contribution in [2.24, 2.45) is 0 Å². The molecule has 0 rings (SSSR count). The lowest BCUT2D eigenvalue weighted by molar-refractivity contribution is -0.258. The molecule has 0 bridgehead atoms. The molecule has 0 saturated carbocycles. The van der Waals surface area contributed by atoms with Crippen molar-refractivity contribution in [2.45, 2.75) is 81.4 Å². The Balaban J connectivity index is 5.93. The molecule has 0 aliphatic heterocycles. The van der Waals surface area contributed by atoms with Crippen LogP contribution in [-0.2, 0) is 0 Å². The number of hydrogen-bond donors (Lipinski definition) is 0. The first-order chi connectivity index (χ1) is 13.1. The zero-order chi connectivity index (χ0) is 25.3. The van der Waals surface area contributed by atoms with Crippen LogP contribution in [0.5, 0.6) is 0 Å². The van der Waals surface area contributed by atoms with Crippen LogP contribution in [0.15, 0.2) is 0 Å². The Bertz CT molecular complexity index is 540. The summed E-state index contributed by atoms with van der Waals surface area (Å²) in [7, 11) is 0. The highest BCUT2D eigenvalue weighted by Gasteiger charge is 2.56. The van der Waals surface area contributed by atoms with Crippen molar-refractivity contribution in [3.63, 3.8) is 0 Å². The lowest BCUT2D eigenvalue weighted by Gasteiger charge is -2.38. The third kappa shape index (κ3) is 13.8. The maximum absolute atomic E-state index is 14.1. The van der Waals surface area contributed by atoms with Gasteiger partial charge in [-0.3, -0.25) is 0 Å². The van der Waals surface area contributed by atoms with Crippen molar-refractivity contribution in [1.82, 2.24) is 4.90 Å². The van der Waals surface area contributed by atoms with Crippen LogP contribution >= 0.6 is 0 Å². The number of hydrogen-bond acceptors (Lipinski definition) is 1. The summed E-state index contributed by atoms with van der Waals surface area (Å²) in [6.07, 6.45) is -17.1. The molecule has 0 unspecified atom stereocenters. The van der Waals surface area contributed by atoms with E-state index in [2.05, 4.69) is 0 Å². The second-order valence-corrected chi connectivity index (χ2v) is 7.55. The molecule has 16 heteroatoms. The minimum absolute atomic E-state index is 0.104. The molecule has 0 saturated heterocycles. The van der Waals surface area contributed by atoms with Crippen LogP contribution in [-0.4, -0.2) is 59.8 Å². The SMILES string of the molecule is CC(F)(F)CC(F)(F)CN(CC(F)(F)CC(C)(F)F)C(F)(F)CC(F)(F)CC(F)(F)F. The first-order valence-corrected chi connectivity index (χ1v) is 8.23. The third-order valence-electron chi connectivity index (χ3n) is 3.38. The first-order valence-electron chi connectivity index (χ1n) is 8.23. The molecular weight excluding hydrogens is 479 g/mol. The van der Waals surface area contributed by atoms with Crippen LogP contribution in [0, 0.1) is 0 Å². The van der Waals surface area contributed by atoms with E-state index in [-0.39, 0.29) is 13.8 Å². The first kappa shape index (κ1) is 29.9. The molecule has 0 atom stereocenters. The van der Waals surface area contributed by atoms with Crippen molar-refractivity contribution in [3.8, 4) is 0 Å². The Morgan fingerprint density at radius 2 is 0.774 bits per heavy atom. The molecular formula is C15H18F15N. The van der Waals surface area contributed by atoms with Crippen LogP contribution in [0.25, 0.3) is 0 Å². The number of rotatable bonds is 12. The van der Waals surface area contributed by atoms with Crippen molar-refractivity contribution < 1.29 is 65.9 Å². The van der Waals surface area contributed by atoms with E-state index in [0.29, 0.717) is 0 Å². The van der Waals surface area contributed by atoms with Crippen molar-refractivity contribution >= 4 is 0 Å². The zero-order valence-electron chi connectivity index (χ0n) is 15.9. The Labute approximate surface area is 166 Å². The van der Waals surface area contributed by atoms with Gasteiger partial charge in [-0.05, 0) is 13.8 Å². The van der Waals surface area contributed by atoms with Gasteiger partial charge in [0.15, 0.2) is 0 Å². The van der Waals surface area contributed by atoms with E-state index in [4.69, 9.17) is 0 Å². The summed E-state index contributed by atoms with van der Waals surface area (Å²) in [5.74, 6) is -23.7. The van der Waals surface area contributed by atoms with E-state index in [0.717, 1.165) is 0 Å². The van der Waals surface area contributed by atoms with Crippen molar-refractivity contribution in [1.29, 1.82) is 0 Å². The van der Waals surface area contributed by atoms with E-state index in [1.54, 1.807) is 0 Å². The van der Waals surface area contributed by atoms with Gasteiger partial charge >= 0.3 is 12.2 Å². The van der Waals surface area contributed by atoms with Gasteiger partial charge in [0.05, 0.1) is 32.4 Å². The van der Waals surface area contributed by atoms with Crippen LogP contribution < -0.4 is 0 Å². The predicted octanol–water partition coefficient (Wildman–Crippen LogP) is 7.22. The fourth-order valence-electron chi connectivity index (χ4n) is 2.64. The second kappa shape index (κ2) is 9.04. The monoisotopic (exact) mass is 497 g/mol. The van der Waals surface area contributed by atoms with Crippen molar-refractivity contribution in [2.75, 3.05) is 13.1 Å². The van der Waals surface area contributed by atoms with Gasteiger partial charge in [0, 0.05) is 0 Å². The fourth-order valence-corrected chi connectivity index (χ4v) is 2.64. The quantitative estimate of drug-likeness (QED) is 0.203. The molecule has 0 aromatic rings. The maximum Gasteiger partial charge on any atom is 0.394 e. The molecule has 1 nitrogen and oxygen atoms in total. The molecule has 0 amide bonds. The minimum atomic E-state index is -5.72. The van der Waals surface area contributed by atoms with Gasteiger partial charge in [-0.1, -0.05) is 0 Å². The highest BCUT2D eigenvalue weighted by molar-refractivity contribution is 4.89. The van der Waals surface area contributed by atoms with Gasteiger partial charge in [0.1, 0.15) is 6.42 Å². The number of halogens is 15. The molecule has 0 aliphatic carbocycles. The van der Waals surface area contributed by atoms with E-state index in [1.807, 2.05) is 0 Å². The van der Waals surface area contributed by atoms with Gasteiger partial charge in [-0.2, -0.15) is 22.0 Å². The second-order valence-electron chi connectivity index (χ2n) is 7.55. The summed E-state index contributed by atoms with van der Waals surface area (Å²) in [6, 6.07) is -5.53. The molecule has 0 heterocycles. The Morgan fingerprint density at radius 3 is 1.03 bits per heavy atom. The molecule has 0 N–H and O–H groups in total. The van der Waals surface area contributed by atoms with Gasteiger partial charge in [0.25, 0.3) is 29.6 Å². The lowest BCUT2D eigenvalue weighted by Crippen LogP contribution is -2.55. The summed E-state index contributed by atoms with van der Waals surface area (Å²) < 4.78 is 197. The molecule has 0 aliphatic rings. The van der Waals surface area contributed by atoms with E-state index >= 15 is 0 Å².